The Bertz CT molecular complexity index is 1150. The number of fused-ring (bicyclic) bond motifs is 2. The average Bonchev–Trinajstić information content (AvgIpc) is 3.05. The number of carbonyl (C=O) groups excluding carboxylic acids is 3. The Morgan fingerprint density at radius 3 is 2.42 bits per heavy atom. The molecule has 158 valence electrons. The summed E-state index contributed by atoms with van der Waals surface area (Å²) >= 11 is 0. The van der Waals surface area contributed by atoms with Gasteiger partial charge in [0.1, 0.15) is 0 Å². The van der Waals surface area contributed by atoms with Crippen molar-refractivity contribution in [1.82, 2.24) is 0 Å². The van der Waals surface area contributed by atoms with E-state index < -0.39 is 11.9 Å². The van der Waals surface area contributed by atoms with Gasteiger partial charge in [0.15, 0.2) is 0 Å². The number of imide groups is 1. The third-order valence-electron chi connectivity index (χ3n) is 5.61. The molecular formula is C26H25NO4. The van der Waals surface area contributed by atoms with Gasteiger partial charge < -0.3 is 4.74 Å². The second kappa shape index (κ2) is 9.13. The third kappa shape index (κ3) is 4.08. The maximum absolute atomic E-state index is 13.1. The van der Waals surface area contributed by atoms with E-state index in [0.29, 0.717) is 17.9 Å². The summed E-state index contributed by atoms with van der Waals surface area (Å²) in [6, 6.07) is 17.7. The van der Waals surface area contributed by atoms with Crippen LogP contribution < -0.4 is 4.90 Å². The van der Waals surface area contributed by atoms with Crippen LogP contribution in [0.5, 0.6) is 0 Å². The fraction of sp³-hybridized carbons (Fsp3) is 0.269. The highest BCUT2D eigenvalue weighted by atomic mass is 16.5. The topological polar surface area (TPSA) is 63.7 Å². The smallest absolute Gasteiger partial charge is 0.338 e. The van der Waals surface area contributed by atoms with E-state index in [-0.39, 0.29) is 17.0 Å². The van der Waals surface area contributed by atoms with Crippen molar-refractivity contribution in [2.75, 3.05) is 11.5 Å². The molecule has 0 unspecified atom stereocenters. The number of carbonyl (C=O) groups is 3. The summed E-state index contributed by atoms with van der Waals surface area (Å²) in [4.78, 5) is 39.8. The van der Waals surface area contributed by atoms with Gasteiger partial charge in [-0.25, -0.2) is 9.69 Å². The van der Waals surface area contributed by atoms with Crippen LogP contribution in [0.3, 0.4) is 0 Å². The molecule has 0 aromatic heterocycles. The van der Waals surface area contributed by atoms with E-state index >= 15 is 0 Å². The van der Waals surface area contributed by atoms with E-state index in [2.05, 4.69) is 6.92 Å². The third-order valence-corrected chi connectivity index (χ3v) is 5.61. The van der Waals surface area contributed by atoms with Crippen molar-refractivity contribution in [2.45, 2.75) is 39.0 Å². The standard InChI is InChI=1S/C26H25NO4/c1-2-3-4-5-8-16-31-26(30)19-14-15-21-22(17-19)25(29)27(24(21)28)23-13-9-11-18-10-6-7-12-20(18)23/h6-7,9-15,17H,2-5,8,16H2,1H3. The molecule has 3 aromatic rings. The zero-order chi connectivity index (χ0) is 21.8. The number of anilines is 1. The van der Waals surface area contributed by atoms with Crippen LogP contribution in [0.15, 0.2) is 60.7 Å². The molecule has 31 heavy (non-hydrogen) atoms. The predicted octanol–water partition coefficient (Wildman–Crippen LogP) is 5.77. The largest absolute Gasteiger partial charge is 0.462 e. The first kappa shape index (κ1) is 20.8. The van der Waals surface area contributed by atoms with Crippen LogP contribution >= 0.6 is 0 Å². The van der Waals surface area contributed by atoms with Crippen LogP contribution in [0.4, 0.5) is 5.69 Å². The van der Waals surface area contributed by atoms with Crippen molar-refractivity contribution in [1.29, 1.82) is 0 Å². The van der Waals surface area contributed by atoms with Crippen molar-refractivity contribution >= 4 is 34.2 Å². The first-order chi connectivity index (χ1) is 15.1. The van der Waals surface area contributed by atoms with E-state index in [1.165, 1.54) is 17.4 Å². The van der Waals surface area contributed by atoms with E-state index in [0.717, 1.165) is 36.5 Å². The summed E-state index contributed by atoms with van der Waals surface area (Å²) in [6.07, 6.45) is 5.33. The monoisotopic (exact) mass is 415 g/mol. The highest BCUT2D eigenvalue weighted by molar-refractivity contribution is 6.36. The molecule has 0 spiro atoms. The highest BCUT2D eigenvalue weighted by Crippen LogP contribution is 2.34. The maximum Gasteiger partial charge on any atom is 0.338 e. The summed E-state index contributed by atoms with van der Waals surface area (Å²) in [5.41, 5.74) is 1.36. The molecule has 0 fully saturated rings. The minimum atomic E-state index is -0.470. The number of esters is 1. The molecule has 0 radical (unpaired) electrons. The molecule has 5 nitrogen and oxygen atoms in total. The van der Waals surface area contributed by atoms with Crippen LogP contribution in [-0.2, 0) is 4.74 Å². The first-order valence-electron chi connectivity index (χ1n) is 10.8. The number of ether oxygens (including phenoxy) is 1. The van der Waals surface area contributed by atoms with Gasteiger partial charge in [-0.15, -0.1) is 0 Å². The molecule has 0 N–H and O–H groups in total. The van der Waals surface area contributed by atoms with Crippen molar-refractivity contribution in [3.63, 3.8) is 0 Å². The van der Waals surface area contributed by atoms with Gasteiger partial charge in [-0.3, -0.25) is 9.59 Å². The van der Waals surface area contributed by atoms with Gasteiger partial charge in [0, 0.05) is 5.39 Å². The normalized spacial score (nSPS) is 13.0. The van der Waals surface area contributed by atoms with Gasteiger partial charge in [-0.1, -0.05) is 69.0 Å². The zero-order valence-electron chi connectivity index (χ0n) is 17.6. The van der Waals surface area contributed by atoms with Gasteiger partial charge >= 0.3 is 5.97 Å². The Balaban J connectivity index is 1.53. The summed E-state index contributed by atoms with van der Waals surface area (Å²) in [6.45, 7) is 2.51. The van der Waals surface area contributed by atoms with E-state index in [4.69, 9.17) is 4.74 Å². The Hall–Kier alpha value is -3.47. The number of benzene rings is 3. The molecule has 0 atom stereocenters. The summed E-state index contributed by atoms with van der Waals surface area (Å²) in [5, 5.41) is 1.77. The van der Waals surface area contributed by atoms with Crippen LogP contribution in [0.25, 0.3) is 10.8 Å². The first-order valence-corrected chi connectivity index (χ1v) is 10.8. The quantitative estimate of drug-likeness (QED) is 0.266. The Kier molecular flexibility index (Phi) is 6.12. The lowest BCUT2D eigenvalue weighted by Gasteiger charge is -2.16. The lowest BCUT2D eigenvalue weighted by Crippen LogP contribution is -2.29. The molecule has 0 saturated carbocycles. The number of hydrogen-bond acceptors (Lipinski definition) is 4. The van der Waals surface area contributed by atoms with Gasteiger partial charge in [-0.2, -0.15) is 0 Å². The number of hydrogen-bond donors (Lipinski definition) is 0. The van der Waals surface area contributed by atoms with Gasteiger partial charge in [-0.05, 0) is 36.1 Å². The van der Waals surface area contributed by atoms with E-state index in [1.807, 2.05) is 36.4 Å². The van der Waals surface area contributed by atoms with Crippen LogP contribution in [0, 0.1) is 0 Å². The molecule has 1 heterocycles. The van der Waals surface area contributed by atoms with Crippen molar-refractivity contribution in [2.24, 2.45) is 0 Å². The van der Waals surface area contributed by atoms with Crippen molar-refractivity contribution < 1.29 is 19.1 Å². The van der Waals surface area contributed by atoms with Crippen LogP contribution in [0.1, 0.15) is 70.1 Å². The Labute approximate surface area is 181 Å². The number of amides is 2. The molecule has 5 heteroatoms. The molecule has 0 saturated heterocycles. The average molecular weight is 415 g/mol. The zero-order valence-corrected chi connectivity index (χ0v) is 17.6. The number of rotatable bonds is 8. The molecule has 1 aliphatic heterocycles. The van der Waals surface area contributed by atoms with Crippen LogP contribution in [0.2, 0.25) is 0 Å². The van der Waals surface area contributed by atoms with Crippen molar-refractivity contribution in [3.8, 4) is 0 Å². The lowest BCUT2D eigenvalue weighted by atomic mass is 10.1. The second-order valence-electron chi connectivity index (χ2n) is 7.75. The van der Waals surface area contributed by atoms with Gasteiger partial charge in [0.25, 0.3) is 11.8 Å². The maximum atomic E-state index is 13.1. The molecule has 0 aliphatic carbocycles. The predicted molar refractivity (Wildman–Crippen MR) is 121 cm³/mol. The van der Waals surface area contributed by atoms with Gasteiger partial charge in [0.05, 0.1) is 29.0 Å². The summed E-state index contributed by atoms with van der Waals surface area (Å²) < 4.78 is 5.35. The van der Waals surface area contributed by atoms with Gasteiger partial charge in [0.2, 0.25) is 0 Å². The molecule has 2 amide bonds. The fourth-order valence-electron chi connectivity index (χ4n) is 3.94. The minimum Gasteiger partial charge on any atom is -0.462 e. The van der Waals surface area contributed by atoms with E-state index in [1.54, 1.807) is 18.2 Å². The van der Waals surface area contributed by atoms with Crippen molar-refractivity contribution in [3.05, 3.63) is 77.4 Å². The minimum absolute atomic E-state index is 0.232. The Morgan fingerprint density at radius 1 is 0.839 bits per heavy atom. The van der Waals surface area contributed by atoms with E-state index in [9.17, 15) is 14.4 Å². The molecule has 3 aromatic carbocycles. The summed E-state index contributed by atoms with van der Waals surface area (Å²) in [5.74, 6) is -1.28. The van der Waals surface area contributed by atoms with Crippen LogP contribution in [-0.4, -0.2) is 24.4 Å². The molecule has 1 aliphatic rings. The second-order valence-corrected chi connectivity index (χ2v) is 7.75. The lowest BCUT2D eigenvalue weighted by molar-refractivity contribution is 0.0497. The molecular weight excluding hydrogens is 390 g/mol. The molecule has 4 rings (SSSR count). The number of nitrogens with zero attached hydrogens (tertiary/aromatic N) is 1. The molecule has 0 bridgehead atoms. The Morgan fingerprint density at radius 2 is 1.58 bits per heavy atom. The number of unbranched alkanes of at least 4 members (excludes halogenated alkanes) is 4. The fourth-order valence-corrected chi connectivity index (χ4v) is 3.94. The highest BCUT2D eigenvalue weighted by Gasteiger charge is 2.37. The SMILES string of the molecule is CCCCCCCOC(=O)c1ccc2c(c1)C(=O)N(c1cccc3ccccc13)C2=O. The summed E-state index contributed by atoms with van der Waals surface area (Å²) in [7, 11) is 0.